The molecular weight excluding hydrogens is 574 g/mol. The van der Waals surface area contributed by atoms with Gasteiger partial charge in [-0.1, -0.05) is 48.2 Å². The fourth-order valence-electron chi connectivity index (χ4n) is 3.45. The Morgan fingerprint density at radius 3 is 2.24 bits per heavy atom. The minimum atomic E-state index is -4.82. The predicted octanol–water partition coefficient (Wildman–Crippen LogP) is 6.49. The number of amidine groups is 2. The number of ether oxygens (including phenoxy) is 2. The quantitative estimate of drug-likeness (QED) is 0.139. The number of aliphatic imine (C=N–C) groups is 2. The summed E-state index contributed by atoms with van der Waals surface area (Å²) in [6, 6.07) is 17.5. The van der Waals surface area contributed by atoms with Crippen LogP contribution in [-0.4, -0.2) is 48.6 Å². The Labute approximate surface area is 233 Å². The highest BCUT2D eigenvalue weighted by Gasteiger charge is 2.34. The van der Waals surface area contributed by atoms with Crippen LogP contribution in [0.4, 0.5) is 37.7 Å². The van der Waals surface area contributed by atoms with Gasteiger partial charge in [0.2, 0.25) is 0 Å². The van der Waals surface area contributed by atoms with E-state index >= 15 is 0 Å². The average Bonchev–Trinajstić information content (AvgIpc) is 3.37. The normalized spacial score (nSPS) is 15.8. The molecule has 0 amide bonds. The molecule has 4 rings (SSSR count). The largest absolute Gasteiger partial charge is 0.573 e. The third-order valence-corrected chi connectivity index (χ3v) is 6.14. The van der Waals surface area contributed by atoms with Crippen molar-refractivity contribution < 1.29 is 35.8 Å². The summed E-state index contributed by atoms with van der Waals surface area (Å²) in [5.74, 6) is 0.0674. The molecule has 3 aromatic carbocycles. The molecule has 0 bridgehead atoms. The summed E-state index contributed by atoms with van der Waals surface area (Å²) in [4.78, 5) is 9.66. The van der Waals surface area contributed by atoms with Gasteiger partial charge in [0, 0.05) is 17.9 Å². The first-order valence-electron chi connectivity index (χ1n) is 11.6. The number of hydrogen-bond donors (Lipinski definition) is 1. The van der Waals surface area contributed by atoms with E-state index in [4.69, 9.17) is 5.73 Å². The Morgan fingerprint density at radius 1 is 0.878 bits per heavy atom. The van der Waals surface area contributed by atoms with Gasteiger partial charge in [0.15, 0.2) is 10.9 Å². The third kappa shape index (κ3) is 8.99. The molecule has 0 radical (unpaired) electrons. The van der Waals surface area contributed by atoms with Gasteiger partial charge in [0.1, 0.15) is 17.9 Å². The van der Waals surface area contributed by atoms with E-state index in [1.165, 1.54) is 54.6 Å². The first-order chi connectivity index (χ1) is 19.5. The van der Waals surface area contributed by atoms with Crippen molar-refractivity contribution in [2.24, 2.45) is 25.9 Å². The lowest BCUT2D eigenvalue weighted by atomic mass is 10.1. The molecule has 1 aliphatic heterocycles. The van der Waals surface area contributed by atoms with E-state index < -0.39 is 12.7 Å². The summed E-state index contributed by atoms with van der Waals surface area (Å²) < 4.78 is 83.1. The standard InChI is InChI=1S/C26H20F6N6O2S/c27-25(28,29)39-20-11-9-19(10-12-20)34-16-35-23(33)18-7-5-17(6-8-18)15-36-37-24-38(13-14-41-24)21-3-1-2-4-22(21)40-26(30,31)32/h1-12,15-16H,13-14H2,(H2,33,34,35)/b36-15-,37-24+. The third-order valence-electron chi connectivity index (χ3n) is 5.19. The lowest BCUT2D eigenvalue weighted by molar-refractivity contribution is -0.275. The first kappa shape index (κ1) is 29.5. The van der Waals surface area contributed by atoms with Crippen molar-refractivity contribution in [2.45, 2.75) is 12.7 Å². The zero-order valence-corrected chi connectivity index (χ0v) is 21.6. The second kappa shape index (κ2) is 12.8. The Bertz CT molecular complexity index is 1460. The van der Waals surface area contributed by atoms with E-state index in [0.717, 1.165) is 12.1 Å². The lowest BCUT2D eigenvalue weighted by Gasteiger charge is -2.21. The molecule has 1 fully saturated rings. The van der Waals surface area contributed by atoms with Crippen LogP contribution in [-0.2, 0) is 0 Å². The van der Waals surface area contributed by atoms with Crippen LogP contribution in [0.1, 0.15) is 11.1 Å². The highest BCUT2D eigenvalue weighted by atomic mass is 32.2. The van der Waals surface area contributed by atoms with E-state index in [9.17, 15) is 26.3 Å². The van der Waals surface area contributed by atoms with Crippen LogP contribution in [0.25, 0.3) is 0 Å². The molecule has 0 aromatic heterocycles. The van der Waals surface area contributed by atoms with Crippen LogP contribution in [0.5, 0.6) is 11.5 Å². The Morgan fingerprint density at radius 2 is 1.56 bits per heavy atom. The summed E-state index contributed by atoms with van der Waals surface area (Å²) in [5, 5.41) is 8.67. The number of thioether (sulfide) groups is 1. The molecule has 2 N–H and O–H groups in total. The maximum absolute atomic E-state index is 12.8. The van der Waals surface area contributed by atoms with E-state index in [-0.39, 0.29) is 23.0 Å². The van der Waals surface area contributed by atoms with Gasteiger partial charge in [0.05, 0.1) is 17.6 Å². The zero-order valence-electron chi connectivity index (χ0n) is 20.8. The van der Waals surface area contributed by atoms with Gasteiger partial charge < -0.3 is 20.1 Å². The molecule has 0 aliphatic carbocycles. The SMILES string of the molecule is NC(=NC=Nc1ccc(OC(F)(F)F)cc1)c1ccc(/C=N\N=C2\SCCN2c2ccccc2OC(F)(F)F)cc1. The van der Waals surface area contributed by atoms with Gasteiger partial charge in [0.25, 0.3) is 0 Å². The fourth-order valence-corrected chi connectivity index (χ4v) is 4.36. The molecule has 3 aromatic rings. The van der Waals surface area contributed by atoms with Crippen molar-refractivity contribution in [3.05, 3.63) is 83.9 Å². The molecular formula is C26H20F6N6O2S. The average molecular weight is 595 g/mol. The number of nitrogens with zero attached hydrogens (tertiary/aromatic N) is 5. The minimum Gasteiger partial charge on any atom is -0.406 e. The van der Waals surface area contributed by atoms with E-state index in [0.29, 0.717) is 34.3 Å². The molecule has 0 unspecified atom stereocenters. The summed E-state index contributed by atoms with van der Waals surface area (Å²) in [6.45, 7) is 0.436. The van der Waals surface area contributed by atoms with Crippen LogP contribution in [0.3, 0.4) is 0 Å². The number of halogens is 6. The fraction of sp³-hybridized carbons (Fsp3) is 0.154. The molecule has 15 heteroatoms. The summed E-state index contributed by atoms with van der Waals surface area (Å²) in [5.41, 5.74) is 7.81. The van der Waals surface area contributed by atoms with Crippen molar-refractivity contribution in [3.8, 4) is 11.5 Å². The Balaban J connectivity index is 1.37. The van der Waals surface area contributed by atoms with Crippen LogP contribution < -0.4 is 20.1 Å². The first-order valence-corrected chi connectivity index (χ1v) is 12.6. The lowest BCUT2D eigenvalue weighted by Crippen LogP contribution is -2.26. The van der Waals surface area contributed by atoms with Crippen LogP contribution in [0, 0.1) is 0 Å². The van der Waals surface area contributed by atoms with E-state index in [1.54, 1.807) is 35.2 Å². The Kier molecular flexibility index (Phi) is 9.17. The van der Waals surface area contributed by atoms with Crippen LogP contribution in [0.2, 0.25) is 0 Å². The maximum Gasteiger partial charge on any atom is 0.573 e. The summed E-state index contributed by atoms with van der Waals surface area (Å²) in [7, 11) is 0. The number of rotatable bonds is 8. The number of para-hydroxylation sites is 2. The number of benzene rings is 3. The van der Waals surface area contributed by atoms with Gasteiger partial charge in [-0.3, -0.25) is 0 Å². The molecule has 41 heavy (non-hydrogen) atoms. The van der Waals surface area contributed by atoms with Crippen molar-refractivity contribution in [3.63, 3.8) is 0 Å². The maximum atomic E-state index is 12.8. The van der Waals surface area contributed by atoms with Crippen molar-refractivity contribution >= 4 is 46.7 Å². The highest BCUT2D eigenvalue weighted by molar-refractivity contribution is 8.14. The molecule has 8 nitrogen and oxygen atoms in total. The van der Waals surface area contributed by atoms with Crippen molar-refractivity contribution in [2.75, 3.05) is 17.2 Å². The zero-order chi connectivity index (χ0) is 29.5. The molecule has 0 saturated carbocycles. The van der Waals surface area contributed by atoms with Crippen molar-refractivity contribution in [1.29, 1.82) is 0 Å². The second-order valence-corrected chi connectivity index (χ2v) is 9.13. The number of anilines is 1. The molecule has 1 heterocycles. The number of hydrogen-bond acceptors (Lipinski definition) is 6. The molecule has 1 aliphatic rings. The molecule has 214 valence electrons. The topological polar surface area (TPSA) is 97.2 Å². The van der Waals surface area contributed by atoms with Crippen LogP contribution >= 0.6 is 11.8 Å². The number of nitrogens with two attached hydrogens (primary N) is 1. The number of alkyl halides is 6. The summed E-state index contributed by atoms with van der Waals surface area (Å²) >= 11 is 1.35. The van der Waals surface area contributed by atoms with Gasteiger partial charge in [-0.05, 0) is 42.0 Å². The van der Waals surface area contributed by atoms with Gasteiger partial charge in [-0.15, -0.1) is 31.4 Å². The van der Waals surface area contributed by atoms with Gasteiger partial charge in [-0.2, -0.15) is 5.10 Å². The molecule has 1 saturated heterocycles. The Hall–Kier alpha value is -4.53. The monoisotopic (exact) mass is 594 g/mol. The predicted molar refractivity (Wildman–Crippen MR) is 146 cm³/mol. The van der Waals surface area contributed by atoms with Gasteiger partial charge >= 0.3 is 12.7 Å². The smallest absolute Gasteiger partial charge is 0.406 e. The van der Waals surface area contributed by atoms with Crippen LogP contribution in [0.15, 0.2) is 93.0 Å². The minimum absolute atomic E-state index is 0.146. The highest BCUT2D eigenvalue weighted by Crippen LogP contribution is 2.36. The molecule has 0 atom stereocenters. The summed E-state index contributed by atoms with van der Waals surface area (Å²) in [6.07, 6.45) is -6.95. The molecule has 0 spiro atoms. The van der Waals surface area contributed by atoms with E-state index in [1.807, 2.05) is 0 Å². The van der Waals surface area contributed by atoms with E-state index in [2.05, 4.69) is 29.7 Å². The second-order valence-electron chi connectivity index (χ2n) is 8.07. The van der Waals surface area contributed by atoms with Gasteiger partial charge in [-0.25, -0.2) is 9.98 Å². The van der Waals surface area contributed by atoms with Crippen molar-refractivity contribution in [1.82, 2.24) is 0 Å².